The number of aromatic nitrogens is 4. The molecule has 2 fully saturated rings. The van der Waals surface area contributed by atoms with Gasteiger partial charge in [0.15, 0.2) is 0 Å². The Labute approximate surface area is 200 Å². The van der Waals surface area contributed by atoms with Gasteiger partial charge in [-0.1, -0.05) is 0 Å². The number of imidazole rings is 1. The van der Waals surface area contributed by atoms with Crippen LogP contribution in [0.4, 0.5) is 18.9 Å². The maximum absolute atomic E-state index is 13.5. The molecule has 3 aromatic rings. The summed E-state index contributed by atoms with van der Waals surface area (Å²) < 4.78 is 70.3. The van der Waals surface area contributed by atoms with Crippen molar-refractivity contribution >= 4 is 35.7 Å². The molecule has 0 amide bonds. The second-order valence-corrected chi connectivity index (χ2v) is 12.8. The molecule has 2 aliphatic rings. The topological polar surface area (TPSA) is 105 Å². The van der Waals surface area contributed by atoms with Gasteiger partial charge >= 0.3 is 201 Å². The molecule has 34 heavy (non-hydrogen) atoms. The number of alkyl halides is 3. The van der Waals surface area contributed by atoms with Gasteiger partial charge in [0, 0.05) is 0 Å². The molecule has 0 bridgehead atoms. The van der Waals surface area contributed by atoms with Gasteiger partial charge in [-0.2, -0.15) is 0 Å². The van der Waals surface area contributed by atoms with Crippen molar-refractivity contribution in [1.29, 1.82) is 0 Å². The van der Waals surface area contributed by atoms with Gasteiger partial charge in [-0.05, 0) is 0 Å². The van der Waals surface area contributed by atoms with E-state index < -0.39 is 43.2 Å². The third-order valence-corrected chi connectivity index (χ3v) is 9.57. The summed E-state index contributed by atoms with van der Waals surface area (Å²) in [5.41, 5.74) is 0.224. The van der Waals surface area contributed by atoms with Crippen LogP contribution in [0.25, 0.3) is 15.9 Å². The summed E-state index contributed by atoms with van der Waals surface area (Å²) in [6.07, 6.45) is 1.16. The van der Waals surface area contributed by atoms with E-state index in [0.29, 0.717) is 41.7 Å². The minimum atomic E-state index is -4.05. The molecule has 3 aromatic heterocycles. The fourth-order valence-corrected chi connectivity index (χ4v) is 7.22. The summed E-state index contributed by atoms with van der Waals surface area (Å²) in [4.78, 5) is 6.44. The SMILES string of the molecule is C[C@@H]1CN(c2cc(S(=O)(=O)NC3(CF)CC3)cn3c(-c4nnc(C(F)F)[se]4)ncc23)C[C@H](C)N1. The van der Waals surface area contributed by atoms with E-state index in [4.69, 9.17) is 0 Å². The zero-order chi connectivity index (χ0) is 24.3. The fraction of sp³-hybridized carbons (Fsp3) is 0.550. The molecular formula is C20H24F3N7O2SSe. The van der Waals surface area contributed by atoms with Crippen LogP contribution in [0.5, 0.6) is 0 Å². The summed E-state index contributed by atoms with van der Waals surface area (Å²) in [7, 11) is -4.05. The van der Waals surface area contributed by atoms with E-state index in [-0.39, 0.29) is 27.4 Å². The molecule has 184 valence electrons. The van der Waals surface area contributed by atoms with Crippen LogP contribution in [0, 0.1) is 0 Å². The van der Waals surface area contributed by atoms with E-state index in [9.17, 15) is 21.6 Å². The van der Waals surface area contributed by atoms with Crippen molar-refractivity contribution in [2.75, 3.05) is 24.7 Å². The Bertz CT molecular complexity index is 1310. The van der Waals surface area contributed by atoms with Gasteiger partial charge in [0.25, 0.3) is 0 Å². The molecule has 5 rings (SSSR count). The van der Waals surface area contributed by atoms with E-state index in [0.717, 1.165) is 0 Å². The van der Waals surface area contributed by atoms with E-state index in [1.54, 1.807) is 16.7 Å². The number of nitrogens with zero attached hydrogens (tertiary/aromatic N) is 5. The molecule has 0 spiro atoms. The van der Waals surface area contributed by atoms with Crippen molar-refractivity contribution in [3.63, 3.8) is 0 Å². The van der Waals surface area contributed by atoms with Crippen LogP contribution in [-0.2, 0) is 10.0 Å². The molecular weight excluding hydrogens is 538 g/mol. The van der Waals surface area contributed by atoms with Gasteiger partial charge in [-0.3, -0.25) is 0 Å². The number of fused-ring (bicyclic) bond motifs is 1. The van der Waals surface area contributed by atoms with Crippen LogP contribution in [-0.4, -0.2) is 79.9 Å². The summed E-state index contributed by atoms with van der Waals surface area (Å²) in [6.45, 7) is 4.57. The Morgan fingerprint density at radius 3 is 2.56 bits per heavy atom. The number of hydrogen-bond donors (Lipinski definition) is 2. The van der Waals surface area contributed by atoms with E-state index in [1.165, 1.54) is 6.20 Å². The molecule has 1 aliphatic carbocycles. The summed E-state index contributed by atoms with van der Waals surface area (Å²) in [5, 5.41) is 10.9. The second kappa shape index (κ2) is 8.59. The van der Waals surface area contributed by atoms with Crippen molar-refractivity contribution in [3.05, 3.63) is 23.0 Å². The van der Waals surface area contributed by atoms with Gasteiger partial charge in [-0.15, -0.1) is 0 Å². The van der Waals surface area contributed by atoms with Crippen molar-refractivity contribution in [2.24, 2.45) is 0 Å². The average Bonchev–Trinajstić information content (AvgIpc) is 3.18. The molecule has 9 nitrogen and oxygen atoms in total. The Morgan fingerprint density at radius 2 is 1.97 bits per heavy atom. The number of rotatable bonds is 7. The Hall–Kier alpha value is -1.99. The molecule has 14 heteroatoms. The van der Waals surface area contributed by atoms with Crippen molar-refractivity contribution in [3.8, 4) is 10.4 Å². The molecule has 0 radical (unpaired) electrons. The standard InChI is InChI=1S/C20H24F3N7O2SSe/c1-11-7-29(8-12(2)25-11)14-5-13(33(31,32)28-20(10-21)3-4-20)9-30-15(14)6-24-17(30)19-27-26-18(34-19)16(22)23/h5-6,9,11-12,16,25,28H,3-4,7-8,10H2,1-2H3/t11-,12+. The van der Waals surface area contributed by atoms with Crippen LogP contribution in [0.1, 0.15) is 37.7 Å². The maximum atomic E-state index is 13.5. The van der Waals surface area contributed by atoms with Gasteiger partial charge < -0.3 is 0 Å². The number of nitrogens with one attached hydrogen (secondary N) is 2. The average molecular weight is 562 g/mol. The van der Waals surface area contributed by atoms with Crippen LogP contribution >= 0.6 is 0 Å². The number of hydrogen-bond acceptors (Lipinski definition) is 7. The molecule has 1 saturated carbocycles. The zero-order valence-corrected chi connectivity index (χ0v) is 21.0. The monoisotopic (exact) mass is 563 g/mol. The predicted octanol–water partition coefficient (Wildman–Crippen LogP) is 1.75. The van der Waals surface area contributed by atoms with E-state index in [1.807, 2.05) is 13.8 Å². The quantitative estimate of drug-likeness (QED) is 0.423. The van der Waals surface area contributed by atoms with E-state index >= 15 is 0 Å². The zero-order valence-electron chi connectivity index (χ0n) is 18.5. The van der Waals surface area contributed by atoms with Crippen molar-refractivity contribution < 1.29 is 21.6 Å². The molecule has 0 unspecified atom stereocenters. The number of anilines is 1. The molecule has 2 N–H and O–H groups in total. The Balaban J connectivity index is 1.66. The van der Waals surface area contributed by atoms with Crippen LogP contribution < -0.4 is 14.9 Å². The normalized spacial score (nSPS) is 22.6. The first-order valence-electron chi connectivity index (χ1n) is 10.8. The molecule has 4 heterocycles. The van der Waals surface area contributed by atoms with E-state index in [2.05, 4.69) is 30.1 Å². The number of sulfonamides is 1. The van der Waals surface area contributed by atoms with Crippen LogP contribution in [0.2, 0.25) is 0 Å². The van der Waals surface area contributed by atoms with Crippen molar-refractivity contribution in [2.45, 2.75) is 55.6 Å². The Kier molecular flexibility index (Phi) is 6.00. The Morgan fingerprint density at radius 1 is 1.26 bits per heavy atom. The first kappa shape index (κ1) is 23.7. The molecule has 2 atom stereocenters. The summed E-state index contributed by atoms with van der Waals surface area (Å²) in [5.74, 6) is 0.274. The van der Waals surface area contributed by atoms with Gasteiger partial charge in [0.1, 0.15) is 0 Å². The van der Waals surface area contributed by atoms with Gasteiger partial charge in [0.2, 0.25) is 0 Å². The number of piperazine rings is 1. The number of halogens is 3. The molecule has 1 saturated heterocycles. The predicted molar refractivity (Wildman–Crippen MR) is 121 cm³/mol. The van der Waals surface area contributed by atoms with Gasteiger partial charge in [-0.25, -0.2) is 0 Å². The molecule has 1 aliphatic heterocycles. The number of pyridine rings is 1. The summed E-state index contributed by atoms with van der Waals surface area (Å²) >= 11 is -0.826. The van der Waals surface area contributed by atoms with Crippen LogP contribution in [0.3, 0.4) is 0 Å². The summed E-state index contributed by atoms with van der Waals surface area (Å²) in [6, 6.07) is 1.90. The third-order valence-electron chi connectivity index (χ3n) is 6.08. The minimum absolute atomic E-state index is 0.0473. The van der Waals surface area contributed by atoms with Crippen molar-refractivity contribution in [1.82, 2.24) is 29.6 Å². The molecule has 0 aromatic carbocycles. The van der Waals surface area contributed by atoms with Crippen LogP contribution in [0.15, 0.2) is 23.4 Å². The van der Waals surface area contributed by atoms with Gasteiger partial charge in [0.05, 0.1) is 0 Å². The third kappa shape index (κ3) is 4.37. The first-order chi connectivity index (χ1) is 16.1. The first-order valence-corrected chi connectivity index (χ1v) is 14.0. The fourth-order valence-electron chi connectivity index (χ4n) is 4.31. The second-order valence-electron chi connectivity index (χ2n) is 9.04.